The maximum atomic E-state index is 12.5. The summed E-state index contributed by atoms with van der Waals surface area (Å²) >= 11 is 0. The second kappa shape index (κ2) is 6.14. The number of hydrogen-bond donors (Lipinski definition) is 2. The molecule has 0 fully saturated rings. The Kier molecular flexibility index (Phi) is 4.04. The summed E-state index contributed by atoms with van der Waals surface area (Å²) in [6.45, 7) is 0. The largest absolute Gasteiger partial charge is 0.508 e. The molecule has 1 heterocycles. The van der Waals surface area contributed by atoms with E-state index in [1.54, 1.807) is 38.4 Å². The van der Waals surface area contributed by atoms with Crippen LogP contribution in [-0.2, 0) is 10.0 Å². The first-order valence-corrected chi connectivity index (χ1v) is 10.1. The summed E-state index contributed by atoms with van der Waals surface area (Å²) < 4.78 is 26.2. The fourth-order valence-corrected chi connectivity index (χ4v) is 4.89. The second-order valence-electron chi connectivity index (χ2n) is 7.10. The van der Waals surface area contributed by atoms with Crippen LogP contribution in [0.25, 0.3) is 0 Å². The van der Waals surface area contributed by atoms with E-state index in [4.69, 9.17) is 0 Å². The van der Waals surface area contributed by atoms with Crippen molar-refractivity contribution < 1.29 is 13.5 Å². The van der Waals surface area contributed by atoms with Crippen molar-refractivity contribution in [1.82, 2.24) is 4.31 Å². The highest BCUT2D eigenvalue weighted by atomic mass is 32.2. The molecule has 5 nitrogen and oxygen atoms in total. The van der Waals surface area contributed by atoms with Gasteiger partial charge in [-0.3, -0.25) is 0 Å². The standard InChI is InChI=1S/C20H22N2O3S/c1-22(2)26(24,25)15-10-11-19-18(12-15)16-4-3-5-17(16)20(21-19)13-6-8-14(23)9-7-13/h3-4,6-12,16-17,20-21,23H,5H2,1-2H3. The summed E-state index contributed by atoms with van der Waals surface area (Å²) in [5, 5.41) is 13.1. The van der Waals surface area contributed by atoms with Gasteiger partial charge in [-0.25, -0.2) is 12.7 Å². The first-order valence-electron chi connectivity index (χ1n) is 8.66. The van der Waals surface area contributed by atoms with Crippen molar-refractivity contribution in [3.63, 3.8) is 0 Å². The zero-order chi connectivity index (χ0) is 18.5. The number of fused-ring (bicyclic) bond motifs is 3. The van der Waals surface area contributed by atoms with Crippen LogP contribution in [0, 0.1) is 5.92 Å². The van der Waals surface area contributed by atoms with E-state index in [2.05, 4.69) is 17.5 Å². The Morgan fingerprint density at radius 3 is 2.54 bits per heavy atom. The fraction of sp³-hybridized carbons (Fsp3) is 0.300. The Morgan fingerprint density at radius 2 is 1.85 bits per heavy atom. The number of nitrogens with zero attached hydrogens (tertiary/aromatic N) is 1. The quantitative estimate of drug-likeness (QED) is 0.812. The molecule has 1 aliphatic heterocycles. The average Bonchev–Trinajstić information content (AvgIpc) is 3.11. The van der Waals surface area contributed by atoms with Crippen LogP contribution in [0.15, 0.2) is 59.5 Å². The van der Waals surface area contributed by atoms with Crippen LogP contribution in [-0.4, -0.2) is 31.9 Å². The van der Waals surface area contributed by atoms with Crippen LogP contribution in [0.2, 0.25) is 0 Å². The molecule has 3 unspecified atom stereocenters. The van der Waals surface area contributed by atoms with Crippen LogP contribution in [0.1, 0.15) is 29.5 Å². The summed E-state index contributed by atoms with van der Waals surface area (Å²) in [7, 11) is -0.360. The number of rotatable bonds is 3. The third-order valence-corrected chi connectivity index (χ3v) is 7.18. The van der Waals surface area contributed by atoms with Gasteiger partial charge in [0.05, 0.1) is 10.9 Å². The maximum absolute atomic E-state index is 12.5. The van der Waals surface area contributed by atoms with Gasteiger partial charge >= 0.3 is 0 Å². The molecule has 0 aromatic heterocycles. The number of sulfonamides is 1. The van der Waals surface area contributed by atoms with Gasteiger partial charge in [-0.2, -0.15) is 0 Å². The number of anilines is 1. The summed E-state index contributed by atoms with van der Waals surface area (Å²) in [5.74, 6) is 0.760. The van der Waals surface area contributed by atoms with Crippen LogP contribution < -0.4 is 5.32 Å². The van der Waals surface area contributed by atoms with Crippen molar-refractivity contribution in [2.45, 2.75) is 23.3 Å². The molecule has 136 valence electrons. The SMILES string of the molecule is CN(C)S(=O)(=O)c1ccc2c(c1)C1C=CCC1C(c1ccc(O)cc1)N2. The lowest BCUT2D eigenvalue weighted by Gasteiger charge is -2.37. The molecule has 4 rings (SSSR count). The van der Waals surface area contributed by atoms with Gasteiger partial charge in [0.15, 0.2) is 0 Å². The number of aromatic hydroxyl groups is 1. The zero-order valence-corrected chi connectivity index (χ0v) is 15.6. The molecular weight excluding hydrogens is 348 g/mol. The highest BCUT2D eigenvalue weighted by Gasteiger charge is 2.38. The lowest BCUT2D eigenvalue weighted by molar-refractivity contribution is 0.424. The molecule has 0 radical (unpaired) electrons. The van der Waals surface area contributed by atoms with E-state index in [0.717, 1.165) is 23.2 Å². The Morgan fingerprint density at radius 1 is 1.12 bits per heavy atom. The van der Waals surface area contributed by atoms with E-state index in [9.17, 15) is 13.5 Å². The van der Waals surface area contributed by atoms with Crippen molar-refractivity contribution in [1.29, 1.82) is 0 Å². The van der Waals surface area contributed by atoms with Crippen molar-refractivity contribution >= 4 is 15.7 Å². The Labute approximate surface area is 154 Å². The summed E-state index contributed by atoms with van der Waals surface area (Å²) in [5.41, 5.74) is 3.12. The fourth-order valence-electron chi connectivity index (χ4n) is 3.96. The van der Waals surface area contributed by atoms with Gasteiger partial charge in [0.25, 0.3) is 0 Å². The molecule has 1 aliphatic carbocycles. The average molecular weight is 370 g/mol. The van der Waals surface area contributed by atoms with E-state index in [0.29, 0.717) is 10.8 Å². The number of phenolic OH excluding ortho intramolecular Hbond substituents is 1. The number of hydrogen-bond acceptors (Lipinski definition) is 4. The van der Waals surface area contributed by atoms with Crippen LogP contribution >= 0.6 is 0 Å². The van der Waals surface area contributed by atoms with Crippen molar-refractivity contribution in [2.75, 3.05) is 19.4 Å². The molecule has 3 atom stereocenters. The maximum Gasteiger partial charge on any atom is 0.242 e. The van der Waals surface area contributed by atoms with Gasteiger partial charge in [-0.15, -0.1) is 0 Å². The van der Waals surface area contributed by atoms with Gasteiger partial charge in [0.1, 0.15) is 5.75 Å². The molecule has 0 bridgehead atoms. The van der Waals surface area contributed by atoms with Gasteiger partial charge < -0.3 is 10.4 Å². The Bertz CT molecular complexity index is 965. The molecule has 2 aromatic rings. The molecule has 2 N–H and O–H groups in total. The monoisotopic (exact) mass is 370 g/mol. The minimum atomic E-state index is -3.46. The number of nitrogens with one attached hydrogen (secondary N) is 1. The highest BCUT2D eigenvalue weighted by molar-refractivity contribution is 7.89. The first kappa shape index (κ1) is 17.1. The molecule has 6 heteroatoms. The van der Waals surface area contributed by atoms with Crippen molar-refractivity contribution in [2.24, 2.45) is 5.92 Å². The van der Waals surface area contributed by atoms with Crippen molar-refractivity contribution in [3.05, 3.63) is 65.7 Å². The molecule has 26 heavy (non-hydrogen) atoms. The molecule has 0 spiro atoms. The third-order valence-electron chi connectivity index (χ3n) is 5.37. The summed E-state index contributed by atoms with van der Waals surface area (Å²) in [6.07, 6.45) is 5.30. The van der Waals surface area contributed by atoms with Gasteiger partial charge in [0.2, 0.25) is 10.0 Å². The van der Waals surface area contributed by atoms with E-state index in [-0.39, 0.29) is 17.7 Å². The van der Waals surface area contributed by atoms with Crippen LogP contribution in [0.4, 0.5) is 5.69 Å². The van der Waals surface area contributed by atoms with Gasteiger partial charge in [-0.1, -0.05) is 24.3 Å². The second-order valence-corrected chi connectivity index (χ2v) is 9.26. The third kappa shape index (κ3) is 2.70. The zero-order valence-electron chi connectivity index (χ0n) is 14.8. The lowest BCUT2D eigenvalue weighted by Crippen LogP contribution is -2.29. The number of benzene rings is 2. The Hall–Kier alpha value is -2.31. The Balaban J connectivity index is 1.77. The molecule has 2 aliphatic rings. The topological polar surface area (TPSA) is 69.6 Å². The minimum Gasteiger partial charge on any atom is -0.508 e. The van der Waals surface area contributed by atoms with Crippen molar-refractivity contribution in [3.8, 4) is 5.75 Å². The van der Waals surface area contributed by atoms with E-state index in [1.807, 2.05) is 18.2 Å². The minimum absolute atomic E-state index is 0.124. The summed E-state index contributed by atoms with van der Waals surface area (Å²) in [6, 6.07) is 12.7. The number of allylic oxidation sites excluding steroid dienone is 2. The molecule has 0 saturated heterocycles. The highest BCUT2D eigenvalue weighted by Crippen LogP contribution is 2.50. The number of phenols is 1. The predicted octanol–water partition coefficient (Wildman–Crippen LogP) is 3.47. The predicted molar refractivity (Wildman–Crippen MR) is 102 cm³/mol. The normalized spacial score (nSPS) is 24.2. The molecule has 0 amide bonds. The van der Waals surface area contributed by atoms with Crippen LogP contribution in [0.5, 0.6) is 5.75 Å². The molecule has 2 aromatic carbocycles. The van der Waals surface area contributed by atoms with E-state index < -0.39 is 10.0 Å². The first-order chi connectivity index (χ1) is 12.4. The lowest BCUT2D eigenvalue weighted by atomic mass is 9.77. The van der Waals surface area contributed by atoms with E-state index in [1.165, 1.54) is 4.31 Å². The molecule has 0 saturated carbocycles. The van der Waals surface area contributed by atoms with E-state index >= 15 is 0 Å². The van der Waals surface area contributed by atoms with Gasteiger partial charge in [-0.05, 0) is 53.8 Å². The molecular formula is C20H22N2O3S. The van der Waals surface area contributed by atoms with Gasteiger partial charge in [0, 0.05) is 25.7 Å². The smallest absolute Gasteiger partial charge is 0.242 e. The summed E-state index contributed by atoms with van der Waals surface area (Å²) in [4.78, 5) is 0.324. The van der Waals surface area contributed by atoms with Crippen LogP contribution in [0.3, 0.4) is 0 Å².